The van der Waals surface area contributed by atoms with Gasteiger partial charge in [-0.25, -0.2) is 8.42 Å². The van der Waals surface area contributed by atoms with E-state index in [1.54, 1.807) is 27.4 Å². The summed E-state index contributed by atoms with van der Waals surface area (Å²) >= 11 is 0. The summed E-state index contributed by atoms with van der Waals surface area (Å²) in [5.41, 5.74) is 1.78. The van der Waals surface area contributed by atoms with Gasteiger partial charge in [0.25, 0.3) is 0 Å². The lowest BCUT2D eigenvalue weighted by Gasteiger charge is -2.34. The third-order valence-corrected chi connectivity index (χ3v) is 7.98. The van der Waals surface area contributed by atoms with Gasteiger partial charge >= 0.3 is 0 Å². The lowest BCUT2D eigenvalue weighted by Crippen LogP contribution is -2.45. The number of aliphatic hydroxyl groups excluding tert-OH is 1. The highest BCUT2D eigenvalue weighted by Crippen LogP contribution is 2.31. The Kier molecular flexibility index (Phi) is 5.73. The van der Waals surface area contributed by atoms with Gasteiger partial charge in [0.15, 0.2) is 0 Å². The highest BCUT2D eigenvalue weighted by Gasteiger charge is 2.30. The Morgan fingerprint density at radius 1 is 1.04 bits per heavy atom. The maximum atomic E-state index is 12.9. The van der Waals surface area contributed by atoms with Crippen LogP contribution in [0.5, 0.6) is 0 Å². The zero-order valence-corrected chi connectivity index (χ0v) is 17.0. The van der Waals surface area contributed by atoms with Gasteiger partial charge in [-0.1, -0.05) is 0 Å². The first kappa shape index (κ1) is 19.8. The molecule has 0 bridgehead atoms. The number of hydrogen-bond donors (Lipinski definition) is 1. The molecule has 2 saturated heterocycles. The maximum Gasteiger partial charge on any atom is 0.243 e. The molecule has 7 nitrogen and oxygen atoms in total. The minimum Gasteiger partial charge on any atom is -0.393 e. The Morgan fingerprint density at radius 3 is 2.46 bits per heavy atom. The number of aliphatic hydroxyl groups is 1. The number of rotatable bonds is 4. The molecule has 0 aromatic heterocycles. The Hall–Kier alpha value is -1.48. The number of carbonyl (C=O) groups excluding carboxylic acids is 1. The molecule has 3 aliphatic rings. The maximum absolute atomic E-state index is 12.9. The second kappa shape index (κ2) is 8.10. The van der Waals surface area contributed by atoms with Gasteiger partial charge < -0.3 is 10.0 Å². The minimum absolute atomic E-state index is 0.0486. The summed E-state index contributed by atoms with van der Waals surface area (Å²) in [4.78, 5) is 17.1. The van der Waals surface area contributed by atoms with E-state index in [1.165, 1.54) is 0 Å². The fourth-order valence-electron chi connectivity index (χ4n) is 4.42. The summed E-state index contributed by atoms with van der Waals surface area (Å²) < 4.78 is 27.2. The first-order valence-electron chi connectivity index (χ1n) is 10.3. The largest absolute Gasteiger partial charge is 0.393 e. The molecular formula is C20H29N3O4S. The molecule has 8 heteroatoms. The van der Waals surface area contributed by atoms with Crippen molar-refractivity contribution in [3.63, 3.8) is 0 Å². The van der Waals surface area contributed by atoms with E-state index in [2.05, 4.69) is 4.90 Å². The third-order valence-electron chi connectivity index (χ3n) is 6.09. The van der Waals surface area contributed by atoms with Crippen LogP contribution in [0.3, 0.4) is 0 Å². The van der Waals surface area contributed by atoms with E-state index in [4.69, 9.17) is 0 Å². The van der Waals surface area contributed by atoms with Crippen LogP contribution in [0.15, 0.2) is 23.1 Å². The molecule has 154 valence electrons. The van der Waals surface area contributed by atoms with Crippen LogP contribution in [-0.2, 0) is 21.2 Å². The van der Waals surface area contributed by atoms with E-state index in [0.29, 0.717) is 43.9 Å². The van der Waals surface area contributed by atoms with Gasteiger partial charge in [-0.3, -0.25) is 9.69 Å². The summed E-state index contributed by atoms with van der Waals surface area (Å²) in [7, 11) is -3.44. The van der Waals surface area contributed by atoms with Gasteiger partial charge in [-0.2, -0.15) is 4.31 Å². The molecule has 1 aromatic carbocycles. The fourth-order valence-corrected chi connectivity index (χ4v) is 5.99. The Morgan fingerprint density at radius 2 is 1.75 bits per heavy atom. The quantitative estimate of drug-likeness (QED) is 0.811. The number of piperidine rings is 1. The van der Waals surface area contributed by atoms with Crippen LogP contribution >= 0.6 is 0 Å². The van der Waals surface area contributed by atoms with Crippen molar-refractivity contribution in [3.8, 4) is 0 Å². The van der Waals surface area contributed by atoms with E-state index in [1.807, 2.05) is 0 Å². The number of likely N-dealkylation sites (tertiary alicyclic amines) is 1. The van der Waals surface area contributed by atoms with Crippen molar-refractivity contribution in [3.05, 3.63) is 23.8 Å². The molecule has 0 unspecified atom stereocenters. The molecule has 28 heavy (non-hydrogen) atoms. The number of carbonyl (C=O) groups is 1. The average Bonchev–Trinajstić information content (AvgIpc) is 3.24. The van der Waals surface area contributed by atoms with Crippen molar-refractivity contribution in [2.75, 3.05) is 44.2 Å². The number of nitrogens with zero attached hydrogens (tertiary/aromatic N) is 3. The van der Waals surface area contributed by atoms with Crippen LogP contribution in [-0.4, -0.2) is 74.0 Å². The number of aryl methyl sites for hydroxylation is 1. The highest BCUT2D eigenvalue weighted by atomic mass is 32.2. The van der Waals surface area contributed by atoms with Crippen molar-refractivity contribution >= 4 is 21.6 Å². The SMILES string of the molecule is O=C(CN1CCC(O)CC1)N1CCCc2cc(S(=O)(=O)N3CCCC3)ccc21. The van der Waals surface area contributed by atoms with E-state index < -0.39 is 10.0 Å². The Balaban J connectivity index is 1.51. The molecule has 0 saturated carbocycles. The van der Waals surface area contributed by atoms with Crippen molar-refractivity contribution in [2.45, 2.75) is 49.5 Å². The van der Waals surface area contributed by atoms with Crippen molar-refractivity contribution in [1.29, 1.82) is 0 Å². The number of anilines is 1. The predicted molar refractivity (Wildman–Crippen MR) is 107 cm³/mol. The van der Waals surface area contributed by atoms with Crippen molar-refractivity contribution < 1.29 is 18.3 Å². The number of benzene rings is 1. The number of hydrogen-bond acceptors (Lipinski definition) is 5. The molecule has 3 heterocycles. The first-order chi connectivity index (χ1) is 13.4. The summed E-state index contributed by atoms with van der Waals surface area (Å²) in [6, 6.07) is 5.21. The van der Waals surface area contributed by atoms with E-state index in [9.17, 15) is 18.3 Å². The molecule has 3 aliphatic heterocycles. The summed E-state index contributed by atoms with van der Waals surface area (Å²) in [5, 5.41) is 9.64. The van der Waals surface area contributed by atoms with Gasteiger partial charge in [-0.15, -0.1) is 0 Å². The van der Waals surface area contributed by atoms with Crippen molar-refractivity contribution in [1.82, 2.24) is 9.21 Å². The molecule has 0 atom stereocenters. The Labute approximate surface area is 167 Å². The van der Waals surface area contributed by atoms with Gasteiger partial charge in [0.2, 0.25) is 15.9 Å². The molecule has 0 radical (unpaired) electrons. The summed E-state index contributed by atoms with van der Waals surface area (Å²) in [5.74, 6) is 0.0486. The van der Waals surface area contributed by atoms with Crippen LogP contribution in [0, 0.1) is 0 Å². The fraction of sp³-hybridized carbons (Fsp3) is 0.650. The van der Waals surface area contributed by atoms with E-state index >= 15 is 0 Å². The highest BCUT2D eigenvalue weighted by molar-refractivity contribution is 7.89. The topological polar surface area (TPSA) is 81.2 Å². The Bertz CT molecular complexity index is 828. The molecule has 1 N–H and O–H groups in total. The molecule has 1 amide bonds. The zero-order chi connectivity index (χ0) is 19.7. The average molecular weight is 408 g/mol. The van der Waals surface area contributed by atoms with E-state index in [0.717, 1.165) is 50.0 Å². The van der Waals surface area contributed by atoms with Crippen LogP contribution in [0.1, 0.15) is 37.7 Å². The predicted octanol–water partition coefficient (Wildman–Crippen LogP) is 1.21. The number of fused-ring (bicyclic) bond motifs is 1. The molecule has 0 aliphatic carbocycles. The third kappa shape index (κ3) is 3.96. The summed E-state index contributed by atoms with van der Waals surface area (Å²) in [6.07, 6.45) is 4.63. The van der Waals surface area contributed by atoms with Gasteiger partial charge in [0, 0.05) is 38.4 Å². The second-order valence-corrected chi connectivity index (χ2v) is 10.00. The molecule has 4 rings (SSSR count). The van der Waals surface area contributed by atoms with Gasteiger partial charge in [0.05, 0.1) is 17.5 Å². The van der Waals surface area contributed by atoms with E-state index in [-0.39, 0.29) is 12.0 Å². The van der Waals surface area contributed by atoms with Gasteiger partial charge in [-0.05, 0) is 62.3 Å². The zero-order valence-electron chi connectivity index (χ0n) is 16.2. The lowest BCUT2D eigenvalue weighted by atomic mass is 10.0. The van der Waals surface area contributed by atoms with Crippen LogP contribution < -0.4 is 4.90 Å². The first-order valence-corrected chi connectivity index (χ1v) is 11.7. The standard InChI is InChI=1S/C20H29N3O4S/c24-17-7-12-21(13-8-17)15-20(25)23-11-3-4-16-14-18(5-6-19(16)23)28(26,27)22-9-1-2-10-22/h5-6,14,17,24H,1-4,7-13,15H2. The molecule has 2 fully saturated rings. The smallest absolute Gasteiger partial charge is 0.243 e. The van der Waals surface area contributed by atoms with Crippen molar-refractivity contribution in [2.24, 2.45) is 0 Å². The molecule has 1 aromatic rings. The minimum atomic E-state index is -3.44. The van der Waals surface area contributed by atoms with Gasteiger partial charge in [0.1, 0.15) is 0 Å². The van der Waals surface area contributed by atoms with Crippen LogP contribution in [0.25, 0.3) is 0 Å². The van der Waals surface area contributed by atoms with Crippen LogP contribution in [0.2, 0.25) is 0 Å². The summed E-state index contributed by atoms with van der Waals surface area (Å²) in [6.45, 7) is 3.67. The molecule has 0 spiro atoms. The molecular weight excluding hydrogens is 378 g/mol. The second-order valence-electron chi connectivity index (χ2n) is 8.06. The lowest BCUT2D eigenvalue weighted by molar-refractivity contribution is -0.120. The van der Waals surface area contributed by atoms with Crippen LogP contribution in [0.4, 0.5) is 5.69 Å². The normalized spacial score (nSPS) is 22.4. The number of amides is 1. The monoisotopic (exact) mass is 407 g/mol. The number of sulfonamides is 1.